The fourth-order valence-electron chi connectivity index (χ4n) is 2.67. The van der Waals surface area contributed by atoms with Crippen molar-refractivity contribution in [2.75, 3.05) is 13.1 Å². The van der Waals surface area contributed by atoms with E-state index in [9.17, 15) is 13.2 Å². The maximum atomic E-state index is 12.5. The largest absolute Gasteiger partial charge is 0.426 e. The molecule has 0 unspecified atom stereocenters. The Morgan fingerprint density at radius 3 is 2.44 bits per heavy atom. The van der Waals surface area contributed by atoms with Crippen LogP contribution in [0, 0.1) is 17.2 Å². The van der Waals surface area contributed by atoms with E-state index >= 15 is 0 Å². The molecule has 1 aromatic carbocycles. The number of sulfonamides is 1. The van der Waals surface area contributed by atoms with Crippen LogP contribution in [0.2, 0.25) is 0 Å². The van der Waals surface area contributed by atoms with E-state index < -0.39 is 10.0 Å². The summed E-state index contributed by atoms with van der Waals surface area (Å²) in [4.78, 5) is 12.3. The van der Waals surface area contributed by atoms with E-state index in [4.69, 9.17) is 10.00 Å². The molecule has 0 bridgehead atoms. The van der Waals surface area contributed by atoms with E-state index in [-0.39, 0.29) is 11.9 Å². The lowest BCUT2D eigenvalue weighted by atomic mass is 9.98. The van der Waals surface area contributed by atoms with Gasteiger partial charge in [0.25, 0.3) is 10.0 Å². The van der Waals surface area contributed by atoms with Crippen LogP contribution in [0.25, 0.3) is 0 Å². The van der Waals surface area contributed by atoms with Crippen LogP contribution in [-0.2, 0) is 14.8 Å². The molecule has 0 aliphatic carbocycles. The fourth-order valence-corrected chi connectivity index (χ4v) is 5.28. The van der Waals surface area contributed by atoms with Gasteiger partial charge in [-0.1, -0.05) is 6.07 Å². The number of nitrogens with zero attached hydrogens (tertiary/aromatic N) is 2. The van der Waals surface area contributed by atoms with Gasteiger partial charge in [0.2, 0.25) is 0 Å². The highest BCUT2D eigenvalue weighted by Gasteiger charge is 2.33. The van der Waals surface area contributed by atoms with Crippen LogP contribution in [0.15, 0.2) is 46.0 Å². The number of hydrogen-bond donors (Lipinski definition) is 0. The maximum absolute atomic E-state index is 12.5. The van der Waals surface area contributed by atoms with E-state index in [1.54, 1.807) is 41.8 Å². The summed E-state index contributed by atoms with van der Waals surface area (Å²) < 4.78 is 32.0. The zero-order valence-electron chi connectivity index (χ0n) is 13.3. The zero-order chi connectivity index (χ0) is 17.9. The molecule has 25 heavy (non-hydrogen) atoms. The summed E-state index contributed by atoms with van der Waals surface area (Å²) in [5.74, 6) is -0.305. The Morgan fingerprint density at radius 2 is 1.88 bits per heavy atom. The monoisotopic (exact) mass is 376 g/mol. The van der Waals surface area contributed by atoms with Gasteiger partial charge in [-0.3, -0.25) is 4.79 Å². The lowest BCUT2D eigenvalue weighted by Gasteiger charge is -2.29. The molecule has 1 fully saturated rings. The number of piperidine rings is 1. The van der Waals surface area contributed by atoms with E-state index in [0.717, 1.165) is 0 Å². The van der Waals surface area contributed by atoms with Crippen molar-refractivity contribution in [3.8, 4) is 11.8 Å². The van der Waals surface area contributed by atoms with Crippen molar-refractivity contribution in [3.05, 3.63) is 47.3 Å². The van der Waals surface area contributed by atoms with Gasteiger partial charge in [0, 0.05) is 13.1 Å². The minimum Gasteiger partial charge on any atom is -0.426 e. The number of ether oxygens (including phenoxy) is 1. The van der Waals surface area contributed by atoms with Gasteiger partial charge in [0.05, 0.1) is 17.6 Å². The second kappa shape index (κ2) is 7.35. The van der Waals surface area contributed by atoms with Gasteiger partial charge in [-0.25, -0.2) is 8.42 Å². The van der Waals surface area contributed by atoms with Crippen LogP contribution in [0.1, 0.15) is 18.4 Å². The molecule has 0 N–H and O–H groups in total. The van der Waals surface area contributed by atoms with E-state index in [1.165, 1.54) is 15.6 Å². The van der Waals surface area contributed by atoms with Crippen LogP contribution >= 0.6 is 11.3 Å². The van der Waals surface area contributed by atoms with E-state index in [1.807, 2.05) is 6.07 Å². The second-order valence-corrected chi connectivity index (χ2v) is 8.78. The SMILES string of the molecule is N#Cc1ccc(OC(=O)C2CCN(S(=O)(=O)c3cccs3)CC2)cc1. The number of carbonyl (C=O) groups excluding carboxylic acids is 1. The molecule has 2 aromatic rings. The molecule has 1 aliphatic heterocycles. The van der Waals surface area contributed by atoms with E-state index in [2.05, 4.69) is 0 Å². The van der Waals surface area contributed by atoms with Crippen LogP contribution < -0.4 is 4.74 Å². The maximum Gasteiger partial charge on any atom is 0.314 e. The van der Waals surface area contributed by atoms with Crippen molar-refractivity contribution in [1.29, 1.82) is 5.26 Å². The summed E-state index contributed by atoms with van der Waals surface area (Å²) in [6.45, 7) is 0.598. The number of esters is 1. The normalized spacial score (nSPS) is 16.3. The predicted octanol–water partition coefficient (Wildman–Crippen LogP) is 2.63. The van der Waals surface area contributed by atoms with Crippen molar-refractivity contribution >= 4 is 27.3 Å². The summed E-state index contributed by atoms with van der Waals surface area (Å²) in [6, 6.07) is 11.6. The quantitative estimate of drug-likeness (QED) is 0.605. The predicted molar refractivity (Wildman–Crippen MR) is 92.6 cm³/mol. The number of benzene rings is 1. The van der Waals surface area contributed by atoms with Crippen molar-refractivity contribution < 1.29 is 17.9 Å². The van der Waals surface area contributed by atoms with Crippen LogP contribution in [0.3, 0.4) is 0 Å². The number of thiophene rings is 1. The molecule has 6 nitrogen and oxygen atoms in total. The standard InChI is InChI=1S/C17H16N2O4S2/c18-12-13-3-5-15(6-4-13)23-17(20)14-7-9-19(10-8-14)25(21,22)16-2-1-11-24-16/h1-6,11,14H,7-10H2. The van der Waals surface area contributed by atoms with Crippen LogP contribution in [0.4, 0.5) is 0 Å². The van der Waals surface area contributed by atoms with Gasteiger partial charge < -0.3 is 4.74 Å². The Hall–Kier alpha value is -2.21. The average molecular weight is 376 g/mol. The van der Waals surface area contributed by atoms with Crippen LogP contribution in [-0.4, -0.2) is 31.8 Å². The molecular weight excluding hydrogens is 360 g/mol. The Balaban J connectivity index is 1.58. The highest BCUT2D eigenvalue weighted by atomic mass is 32.2. The summed E-state index contributed by atoms with van der Waals surface area (Å²) >= 11 is 1.19. The highest BCUT2D eigenvalue weighted by molar-refractivity contribution is 7.91. The van der Waals surface area contributed by atoms with Gasteiger partial charge in [-0.05, 0) is 48.6 Å². The molecule has 0 spiro atoms. The summed E-state index contributed by atoms with van der Waals surface area (Å²) in [5, 5.41) is 10.5. The molecule has 2 heterocycles. The Bertz CT molecular complexity index is 876. The van der Waals surface area contributed by atoms with E-state index in [0.29, 0.717) is 41.5 Å². The summed E-state index contributed by atoms with van der Waals surface area (Å²) in [5.41, 5.74) is 0.492. The number of carbonyl (C=O) groups is 1. The smallest absolute Gasteiger partial charge is 0.314 e. The minimum absolute atomic E-state index is 0.299. The molecule has 3 rings (SSSR count). The lowest BCUT2D eigenvalue weighted by Crippen LogP contribution is -2.40. The topological polar surface area (TPSA) is 87.5 Å². The Kier molecular flexibility index (Phi) is 5.18. The molecule has 0 radical (unpaired) electrons. The first-order valence-electron chi connectivity index (χ1n) is 7.76. The van der Waals surface area contributed by atoms with Gasteiger partial charge >= 0.3 is 5.97 Å². The zero-order valence-corrected chi connectivity index (χ0v) is 14.9. The molecule has 8 heteroatoms. The van der Waals surface area contributed by atoms with Crippen molar-refractivity contribution in [3.63, 3.8) is 0 Å². The first-order valence-corrected chi connectivity index (χ1v) is 10.1. The van der Waals surface area contributed by atoms with Gasteiger partial charge in [0.15, 0.2) is 0 Å². The Labute approximate surface area is 150 Å². The number of hydrogen-bond acceptors (Lipinski definition) is 6. The van der Waals surface area contributed by atoms with Crippen molar-refractivity contribution in [2.24, 2.45) is 5.92 Å². The average Bonchev–Trinajstić information content (AvgIpc) is 3.18. The molecule has 0 atom stereocenters. The fraction of sp³-hybridized carbons (Fsp3) is 0.294. The molecule has 1 aromatic heterocycles. The van der Waals surface area contributed by atoms with Crippen molar-refractivity contribution in [2.45, 2.75) is 17.1 Å². The third-order valence-corrected chi connectivity index (χ3v) is 7.35. The van der Waals surface area contributed by atoms with Gasteiger partial charge in [-0.2, -0.15) is 9.57 Å². The lowest BCUT2D eigenvalue weighted by molar-refractivity contribution is -0.140. The first-order chi connectivity index (χ1) is 12.0. The third kappa shape index (κ3) is 3.90. The number of rotatable bonds is 4. The molecule has 0 saturated carbocycles. The Morgan fingerprint density at radius 1 is 1.20 bits per heavy atom. The molecular formula is C17H16N2O4S2. The van der Waals surface area contributed by atoms with Crippen LogP contribution in [0.5, 0.6) is 5.75 Å². The third-order valence-electron chi connectivity index (χ3n) is 4.08. The molecule has 130 valence electrons. The second-order valence-electron chi connectivity index (χ2n) is 5.67. The highest BCUT2D eigenvalue weighted by Crippen LogP contribution is 2.27. The molecule has 1 aliphatic rings. The molecule has 0 amide bonds. The van der Waals surface area contributed by atoms with Crippen molar-refractivity contribution in [1.82, 2.24) is 4.31 Å². The summed E-state index contributed by atoms with van der Waals surface area (Å²) in [7, 11) is -3.47. The summed E-state index contributed by atoms with van der Waals surface area (Å²) in [6.07, 6.45) is 0.861. The first kappa shape index (κ1) is 17.6. The minimum atomic E-state index is -3.47. The van der Waals surface area contributed by atoms with Gasteiger partial charge in [-0.15, -0.1) is 11.3 Å². The number of nitriles is 1. The van der Waals surface area contributed by atoms with Gasteiger partial charge in [0.1, 0.15) is 9.96 Å². The molecule has 1 saturated heterocycles.